The molecule has 0 unspecified atom stereocenters. The average molecular weight is 309 g/mol. The van der Waals surface area contributed by atoms with Crippen LogP contribution in [0, 0.1) is 6.92 Å². The van der Waals surface area contributed by atoms with Crippen molar-refractivity contribution < 1.29 is 4.79 Å². The van der Waals surface area contributed by atoms with E-state index < -0.39 is 0 Å². The summed E-state index contributed by atoms with van der Waals surface area (Å²) in [5.74, 6) is -0.131. The molecule has 2 aromatic heterocycles. The SMILES string of the molecule is Cc1ccc(NC(=O)c2nc3c(s2)CCC3)c2cccnc12. The number of thiazole rings is 1. The molecule has 1 amide bonds. The summed E-state index contributed by atoms with van der Waals surface area (Å²) in [6.45, 7) is 2.02. The van der Waals surface area contributed by atoms with E-state index in [1.54, 1.807) is 6.20 Å². The van der Waals surface area contributed by atoms with Crippen molar-refractivity contribution in [1.82, 2.24) is 9.97 Å². The van der Waals surface area contributed by atoms with Gasteiger partial charge in [-0.1, -0.05) is 6.07 Å². The van der Waals surface area contributed by atoms with Gasteiger partial charge in [0.05, 0.1) is 16.9 Å². The summed E-state index contributed by atoms with van der Waals surface area (Å²) in [6.07, 6.45) is 4.98. The highest BCUT2D eigenvalue weighted by atomic mass is 32.1. The van der Waals surface area contributed by atoms with Gasteiger partial charge in [0.15, 0.2) is 5.01 Å². The second-order valence-electron chi connectivity index (χ2n) is 5.53. The lowest BCUT2D eigenvalue weighted by atomic mass is 10.1. The Balaban J connectivity index is 1.68. The number of pyridine rings is 1. The number of aromatic nitrogens is 2. The van der Waals surface area contributed by atoms with Crippen LogP contribution in [-0.4, -0.2) is 15.9 Å². The van der Waals surface area contributed by atoms with Crippen molar-refractivity contribution in [1.29, 1.82) is 0 Å². The Hall–Kier alpha value is -2.27. The third-order valence-electron chi connectivity index (χ3n) is 4.01. The molecule has 0 aliphatic heterocycles. The fourth-order valence-electron chi connectivity index (χ4n) is 2.89. The second kappa shape index (κ2) is 5.18. The molecule has 1 aliphatic carbocycles. The molecule has 0 fully saturated rings. The number of hydrogen-bond donors (Lipinski definition) is 1. The predicted molar refractivity (Wildman–Crippen MR) is 88.6 cm³/mol. The first-order valence-electron chi connectivity index (χ1n) is 7.36. The summed E-state index contributed by atoms with van der Waals surface area (Å²) >= 11 is 1.52. The molecule has 0 saturated heterocycles. The minimum atomic E-state index is -0.131. The maximum atomic E-state index is 12.5. The first-order valence-corrected chi connectivity index (χ1v) is 8.18. The number of carbonyl (C=O) groups is 1. The Morgan fingerprint density at radius 1 is 1.27 bits per heavy atom. The van der Waals surface area contributed by atoms with Crippen LogP contribution in [0.15, 0.2) is 30.5 Å². The molecule has 4 rings (SSSR count). The van der Waals surface area contributed by atoms with Crippen LogP contribution in [0.25, 0.3) is 10.9 Å². The van der Waals surface area contributed by atoms with Gasteiger partial charge in [0, 0.05) is 16.5 Å². The molecule has 0 spiro atoms. The average Bonchev–Trinajstić information content (AvgIpc) is 3.12. The van der Waals surface area contributed by atoms with E-state index in [0.717, 1.165) is 47.1 Å². The zero-order valence-corrected chi connectivity index (χ0v) is 13.0. The number of fused-ring (bicyclic) bond motifs is 2. The van der Waals surface area contributed by atoms with E-state index in [2.05, 4.69) is 15.3 Å². The minimum absolute atomic E-state index is 0.131. The molecule has 3 aromatic rings. The van der Waals surface area contributed by atoms with Crippen LogP contribution in [-0.2, 0) is 12.8 Å². The maximum absolute atomic E-state index is 12.5. The van der Waals surface area contributed by atoms with Crippen LogP contribution in [0.1, 0.15) is 32.4 Å². The number of benzene rings is 1. The van der Waals surface area contributed by atoms with Crippen LogP contribution in [0.5, 0.6) is 0 Å². The summed E-state index contributed by atoms with van der Waals surface area (Å²) < 4.78 is 0. The molecule has 5 heteroatoms. The standard InChI is InChI=1S/C17H15N3OS/c1-10-7-8-12(11-4-3-9-18-15(10)11)19-16(21)17-20-13-5-2-6-14(13)22-17/h3-4,7-9H,2,5-6H2,1H3,(H,19,21). The topological polar surface area (TPSA) is 54.9 Å². The Kier molecular flexibility index (Phi) is 3.15. The van der Waals surface area contributed by atoms with Gasteiger partial charge in [0.25, 0.3) is 5.91 Å². The van der Waals surface area contributed by atoms with Crippen molar-refractivity contribution in [3.8, 4) is 0 Å². The molecule has 0 radical (unpaired) electrons. The van der Waals surface area contributed by atoms with Crippen molar-refractivity contribution >= 4 is 33.8 Å². The van der Waals surface area contributed by atoms with Crippen molar-refractivity contribution in [3.05, 3.63) is 51.6 Å². The van der Waals surface area contributed by atoms with Gasteiger partial charge in [-0.2, -0.15) is 0 Å². The highest BCUT2D eigenvalue weighted by Gasteiger charge is 2.20. The highest BCUT2D eigenvalue weighted by Crippen LogP contribution is 2.29. The lowest BCUT2D eigenvalue weighted by Crippen LogP contribution is -2.12. The molecule has 22 heavy (non-hydrogen) atoms. The van der Waals surface area contributed by atoms with E-state index in [-0.39, 0.29) is 5.91 Å². The van der Waals surface area contributed by atoms with Crippen LogP contribution in [0.2, 0.25) is 0 Å². The van der Waals surface area contributed by atoms with Gasteiger partial charge in [-0.05, 0) is 49.9 Å². The highest BCUT2D eigenvalue weighted by molar-refractivity contribution is 7.13. The number of rotatable bonds is 2. The lowest BCUT2D eigenvalue weighted by Gasteiger charge is -2.08. The molecule has 1 aromatic carbocycles. The van der Waals surface area contributed by atoms with Gasteiger partial charge >= 0.3 is 0 Å². The fourth-order valence-corrected chi connectivity index (χ4v) is 3.93. The van der Waals surface area contributed by atoms with E-state index in [1.807, 2.05) is 31.2 Å². The second-order valence-corrected chi connectivity index (χ2v) is 6.61. The summed E-state index contributed by atoms with van der Waals surface area (Å²) in [4.78, 5) is 22.6. The van der Waals surface area contributed by atoms with Crippen molar-refractivity contribution in [3.63, 3.8) is 0 Å². The smallest absolute Gasteiger partial charge is 0.284 e. The van der Waals surface area contributed by atoms with Crippen LogP contribution < -0.4 is 5.32 Å². The molecule has 0 saturated carbocycles. The molecular weight excluding hydrogens is 294 g/mol. The number of amides is 1. The summed E-state index contributed by atoms with van der Waals surface area (Å²) in [5.41, 5.74) is 3.91. The van der Waals surface area contributed by atoms with Gasteiger partial charge < -0.3 is 5.32 Å². The zero-order valence-electron chi connectivity index (χ0n) is 12.2. The Morgan fingerprint density at radius 3 is 3.05 bits per heavy atom. The van der Waals surface area contributed by atoms with Gasteiger partial charge in [0.2, 0.25) is 0 Å². The van der Waals surface area contributed by atoms with Crippen molar-refractivity contribution in [2.24, 2.45) is 0 Å². The number of nitrogens with one attached hydrogen (secondary N) is 1. The number of anilines is 1. The van der Waals surface area contributed by atoms with Gasteiger partial charge in [0.1, 0.15) is 0 Å². The zero-order chi connectivity index (χ0) is 15.1. The first-order chi connectivity index (χ1) is 10.7. The normalized spacial score (nSPS) is 13.3. The molecule has 4 nitrogen and oxygen atoms in total. The third kappa shape index (κ3) is 2.18. The third-order valence-corrected chi connectivity index (χ3v) is 5.17. The fraction of sp³-hybridized carbons (Fsp3) is 0.235. The Morgan fingerprint density at radius 2 is 2.18 bits per heavy atom. The Bertz CT molecular complexity index is 863. The molecule has 1 N–H and O–H groups in total. The van der Waals surface area contributed by atoms with Crippen LogP contribution in [0.4, 0.5) is 5.69 Å². The van der Waals surface area contributed by atoms with Gasteiger partial charge in [-0.25, -0.2) is 4.98 Å². The van der Waals surface area contributed by atoms with Crippen LogP contribution in [0.3, 0.4) is 0 Å². The first kappa shape index (κ1) is 13.4. The van der Waals surface area contributed by atoms with E-state index in [1.165, 1.54) is 16.2 Å². The molecule has 110 valence electrons. The Labute approximate surface area is 132 Å². The van der Waals surface area contributed by atoms with E-state index in [9.17, 15) is 4.79 Å². The van der Waals surface area contributed by atoms with Crippen LogP contribution >= 0.6 is 11.3 Å². The maximum Gasteiger partial charge on any atom is 0.284 e. The number of hydrogen-bond acceptors (Lipinski definition) is 4. The molecule has 0 atom stereocenters. The molecule has 2 heterocycles. The van der Waals surface area contributed by atoms with E-state index in [4.69, 9.17) is 0 Å². The van der Waals surface area contributed by atoms with E-state index >= 15 is 0 Å². The minimum Gasteiger partial charge on any atom is -0.319 e. The predicted octanol–water partition coefficient (Wildman–Crippen LogP) is 3.74. The monoisotopic (exact) mass is 309 g/mol. The summed E-state index contributed by atoms with van der Waals surface area (Å²) in [7, 11) is 0. The summed E-state index contributed by atoms with van der Waals surface area (Å²) in [5, 5.41) is 4.50. The lowest BCUT2D eigenvalue weighted by molar-refractivity contribution is 0.102. The van der Waals surface area contributed by atoms with Gasteiger partial charge in [-0.15, -0.1) is 11.3 Å². The van der Waals surface area contributed by atoms with Crippen molar-refractivity contribution in [2.45, 2.75) is 26.2 Å². The number of carbonyl (C=O) groups excluding carboxylic acids is 1. The van der Waals surface area contributed by atoms with Crippen molar-refractivity contribution in [2.75, 3.05) is 5.32 Å². The number of aryl methyl sites for hydroxylation is 3. The van der Waals surface area contributed by atoms with Gasteiger partial charge in [-0.3, -0.25) is 9.78 Å². The summed E-state index contributed by atoms with van der Waals surface area (Å²) in [6, 6.07) is 7.77. The largest absolute Gasteiger partial charge is 0.319 e. The molecular formula is C17H15N3OS. The van der Waals surface area contributed by atoms with E-state index in [0.29, 0.717) is 5.01 Å². The molecule has 1 aliphatic rings. The quantitative estimate of drug-likeness (QED) is 0.784. The number of nitrogens with zero attached hydrogens (tertiary/aromatic N) is 2. The molecule has 0 bridgehead atoms.